The maximum absolute atomic E-state index is 9.76. The van der Waals surface area contributed by atoms with E-state index in [9.17, 15) is 4.79 Å². The third-order valence-corrected chi connectivity index (χ3v) is 1.50. The zero-order chi connectivity index (χ0) is 11.7. The molecule has 3 unspecified atom stereocenters. The maximum atomic E-state index is 9.76. The minimum atomic E-state index is -1.64. The second-order valence-corrected chi connectivity index (χ2v) is 2.66. The zero-order valence-corrected chi connectivity index (χ0v) is 7.93. The highest BCUT2D eigenvalue weighted by Crippen LogP contribution is 1.96. The third-order valence-electron chi connectivity index (χ3n) is 1.50. The minimum Gasteiger partial charge on any atom is -0.473 e. The molecule has 1 heterocycles. The Hall–Kier alpha value is -1.21. The molecule has 1 aromatic rings. The summed E-state index contributed by atoms with van der Waals surface area (Å²) in [6, 6.07) is 3.67. The zero-order valence-electron chi connectivity index (χ0n) is 7.93. The van der Waals surface area contributed by atoms with Crippen LogP contribution in [-0.2, 0) is 4.79 Å². The van der Waals surface area contributed by atoms with Gasteiger partial charge in [-0.2, -0.15) is 0 Å². The molecule has 6 heteroatoms. The minimum absolute atomic E-state index is 0.0869. The van der Waals surface area contributed by atoms with E-state index in [4.69, 9.17) is 20.4 Å². The molecule has 15 heavy (non-hydrogen) atoms. The standard InChI is InChI=1S/C5H10O5.C4H4O/c6-1-3(8)5(10)4(9)2-7;1-2-4-5-3-1/h1,3-5,7-10H,2H2;1-4H. The van der Waals surface area contributed by atoms with Gasteiger partial charge in [-0.05, 0) is 12.1 Å². The normalized spacial score (nSPS) is 15.7. The summed E-state index contributed by atoms with van der Waals surface area (Å²) < 4.78 is 4.58. The second kappa shape index (κ2) is 8.13. The van der Waals surface area contributed by atoms with Crippen LogP contribution in [0.3, 0.4) is 0 Å². The van der Waals surface area contributed by atoms with Crippen molar-refractivity contribution in [1.82, 2.24) is 0 Å². The highest BCUT2D eigenvalue weighted by Gasteiger charge is 2.22. The fourth-order valence-corrected chi connectivity index (χ4v) is 0.643. The molecule has 0 aromatic carbocycles. The summed E-state index contributed by atoms with van der Waals surface area (Å²) in [7, 11) is 0. The third kappa shape index (κ3) is 5.97. The van der Waals surface area contributed by atoms with Crippen LogP contribution in [0.5, 0.6) is 0 Å². The number of aldehydes is 1. The number of rotatable bonds is 4. The summed E-state index contributed by atoms with van der Waals surface area (Å²) >= 11 is 0. The molecule has 6 nitrogen and oxygen atoms in total. The summed E-state index contributed by atoms with van der Waals surface area (Å²) in [5.74, 6) is 0. The van der Waals surface area contributed by atoms with Crippen LogP contribution in [0.25, 0.3) is 0 Å². The van der Waals surface area contributed by atoms with Gasteiger partial charge in [0, 0.05) is 0 Å². The van der Waals surface area contributed by atoms with Crippen LogP contribution in [0, 0.1) is 0 Å². The summed E-state index contributed by atoms with van der Waals surface area (Å²) in [5, 5.41) is 34.1. The molecule has 3 atom stereocenters. The van der Waals surface area contributed by atoms with E-state index in [-0.39, 0.29) is 6.29 Å². The lowest BCUT2D eigenvalue weighted by molar-refractivity contribution is -0.127. The number of furan rings is 1. The number of aliphatic hydroxyl groups excluding tert-OH is 4. The Balaban J connectivity index is 0.000000322. The van der Waals surface area contributed by atoms with E-state index in [0.717, 1.165) is 0 Å². The highest BCUT2D eigenvalue weighted by atomic mass is 16.4. The summed E-state index contributed by atoms with van der Waals surface area (Å²) in [6.07, 6.45) is -1.38. The van der Waals surface area contributed by atoms with Gasteiger partial charge in [0.05, 0.1) is 19.1 Å². The molecule has 0 saturated carbocycles. The van der Waals surface area contributed by atoms with Crippen LogP contribution in [0.4, 0.5) is 0 Å². The molecular weight excluding hydrogens is 204 g/mol. The SMILES string of the molecule is O=CC(O)C(O)C(O)CO.c1ccoc1. The Bertz CT molecular complexity index is 218. The van der Waals surface area contributed by atoms with E-state index in [1.165, 1.54) is 0 Å². The van der Waals surface area contributed by atoms with Gasteiger partial charge in [0.1, 0.15) is 18.3 Å². The summed E-state index contributed by atoms with van der Waals surface area (Å²) in [6.45, 7) is -0.688. The average molecular weight is 218 g/mol. The molecule has 0 aliphatic carbocycles. The van der Waals surface area contributed by atoms with Crippen LogP contribution in [0.15, 0.2) is 29.1 Å². The fourth-order valence-electron chi connectivity index (χ4n) is 0.643. The van der Waals surface area contributed by atoms with Gasteiger partial charge in [-0.1, -0.05) is 0 Å². The molecule has 86 valence electrons. The number of aliphatic hydroxyl groups is 4. The van der Waals surface area contributed by atoms with Gasteiger partial charge in [-0.3, -0.25) is 0 Å². The first-order chi connectivity index (χ1) is 7.13. The molecule has 0 aliphatic heterocycles. The second-order valence-electron chi connectivity index (χ2n) is 2.66. The van der Waals surface area contributed by atoms with E-state index in [2.05, 4.69) is 4.42 Å². The average Bonchev–Trinajstić information content (AvgIpc) is 2.84. The van der Waals surface area contributed by atoms with Gasteiger partial charge in [0.15, 0.2) is 6.29 Å². The van der Waals surface area contributed by atoms with E-state index >= 15 is 0 Å². The van der Waals surface area contributed by atoms with Crippen LogP contribution in [-0.4, -0.2) is 51.6 Å². The van der Waals surface area contributed by atoms with Crippen molar-refractivity contribution in [3.05, 3.63) is 24.7 Å². The molecule has 0 bridgehead atoms. The lowest BCUT2D eigenvalue weighted by atomic mass is 10.1. The van der Waals surface area contributed by atoms with Crippen LogP contribution in [0.1, 0.15) is 0 Å². The quantitative estimate of drug-likeness (QED) is 0.460. The van der Waals surface area contributed by atoms with Crippen molar-refractivity contribution in [1.29, 1.82) is 0 Å². The van der Waals surface area contributed by atoms with Gasteiger partial charge in [-0.25, -0.2) is 0 Å². The monoisotopic (exact) mass is 218 g/mol. The van der Waals surface area contributed by atoms with Crippen LogP contribution >= 0.6 is 0 Å². The van der Waals surface area contributed by atoms with Crippen molar-refractivity contribution in [3.8, 4) is 0 Å². The van der Waals surface area contributed by atoms with Crippen molar-refractivity contribution in [2.45, 2.75) is 18.3 Å². The topological polar surface area (TPSA) is 111 Å². The Labute approximate surface area is 86.4 Å². The van der Waals surface area contributed by atoms with Crippen molar-refractivity contribution in [3.63, 3.8) is 0 Å². The first-order valence-corrected chi connectivity index (χ1v) is 4.21. The van der Waals surface area contributed by atoms with Gasteiger partial charge >= 0.3 is 0 Å². The predicted molar refractivity (Wildman–Crippen MR) is 49.9 cm³/mol. The molecule has 0 fully saturated rings. The molecule has 0 radical (unpaired) electrons. The first-order valence-electron chi connectivity index (χ1n) is 4.21. The van der Waals surface area contributed by atoms with Gasteiger partial charge in [-0.15, -0.1) is 0 Å². The van der Waals surface area contributed by atoms with Crippen LogP contribution < -0.4 is 0 Å². The number of carbonyl (C=O) groups excluding carboxylic acids is 1. The first kappa shape index (κ1) is 13.8. The van der Waals surface area contributed by atoms with E-state index in [1.807, 2.05) is 12.1 Å². The summed E-state index contributed by atoms with van der Waals surface area (Å²) in [4.78, 5) is 9.76. The maximum Gasteiger partial charge on any atom is 0.151 e. The van der Waals surface area contributed by atoms with E-state index < -0.39 is 24.9 Å². The molecular formula is C9H14O6. The van der Waals surface area contributed by atoms with Gasteiger partial charge < -0.3 is 29.6 Å². The lowest BCUT2D eigenvalue weighted by Gasteiger charge is -2.16. The van der Waals surface area contributed by atoms with Gasteiger partial charge in [0.25, 0.3) is 0 Å². The summed E-state index contributed by atoms with van der Waals surface area (Å²) in [5.41, 5.74) is 0. The largest absolute Gasteiger partial charge is 0.473 e. The molecule has 0 spiro atoms. The Morgan fingerprint density at radius 2 is 1.73 bits per heavy atom. The van der Waals surface area contributed by atoms with Crippen molar-refractivity contribution >= 4 is 6.29 Å². The number of hydrogen-bond donors (Lipinski definition) is 4. The van der Waals surface area contributed by atoms with Gasteiger partial charge in [0.2, 0.25) is 0 Å². The van der Waals surface area contributed by atoms with E-state index in [0.29, 0.717) is 0 Å². The molecule has 0 amide bonds. The molecule has 0 saturated heterocycles. The number of hydrogen-bond acceptors (Lipinski definition) is 6. The Morgan fingerprint density at radius 3 is 2.00 bits per heavy atom. The Kier molecular flexibility index (Phi) is 7.47. The predicted octanol–water partition coefficient (Wildman–Crippen LogP) is -1.46. The molecule has 4 N–H and O–H groups in total. The van der Waals surface area contributed by atoms with Crippen molar-refractivity contribution < 1.29 is 29.6 Å². The van der Waals surface area contributed by atoms with Crippen molar-refractivity contribution in [2.75, 3.05) is 6.61 Å². The van der Waals surface area contributed by atoms with Crippen molar-refractivity contribution in [2.24, 2.45) is 0 Å². The molecule has 1 rings (SSSR count). The van der Waals surface area contributed by atoms with Crippen LogP contribution in [0.2, 0.25) is 0 Å². The fraction of sp³-hybridized carbons (Fsp3) is 0.444. The highest BCUT2D eigenvalue weighted by molar-refractivity contribution is 5.56. The Morgan fingerprint density at radius 1 is 1.20 bits per heavy atom. The smallest absolute Gasteiger partial charge is 0.151 e. The number of carbonyl (C=O) groups is 1. The lowest BCUT2D eigenvalue weighted by Crippen LogP contribution is -2.40. The molecule has 0 aliphatic rings. The molecule has 1 aromatic heterocycles. The van der Waals surface area contributed by atoms with E-state index in [1.54, 1.807) is 12.5 Å².